The molecule has 1 fully saturated rings. The number of carbonyl (C=O) groups excluding carboxylic acids is 3. The Morgan fingerprint density at radius 1 is 1.07 bits per heavy atom. The molecule has 0 radical (unpaired) electrons. The summed E-state index contributed by atoms with van der Waals surface area (Å²) in [6, 6.07) is 2.32. The molecule has 1 amide bonds. The number of carbonyl (C=O) groups is 3. The number of methoxy groups -OCH3 is 3. The highest BCUT2D eigenvalue weighted by molar-refractivity contribution is 6.46. The lowest BCUT2D eigenvalue weighted by atomic mass is 9.93. The van der Waals surface area contributed by atoms with Crippen molar-refractivity contribution in [1.29, 1.82) is 0 Å². The second-order valence-corrected chi connectivity index (χ2v) is 9.45. The Labute approximate surface area is 237 Å². The molecule has 41 heavy (non-hydrogen) atoms. The summed E-state index contributed by atoms with van der Waals surface area (Å²) in [5, 5.41) is 11.7. The lowest BCUT2D eigenvalue weighted by molar-refractivity contribution is -0.139. The van der Waals surface area contributed by atoms with Crippen molar-refractivity contribution >= 4 is 23.4 Å². The fourth-order valence-corrected chi connectivity index (χ4v) is 5.21. The first-order valence-corrected chi connectivity index (χ1v) is 13.1. The Balaban J connectivity index is 1.89. The Hall–Kier alpha value is -4.74. The van der Waals surface area contributed by atoms with Crippen LogP contribution in [0.2, 0.25) is 0 Å². The standard InChI is InChI=1S/C29H34N4O8/c1-7-41-29(37)23-16(2)21(17(3)31-23)25(34)22-24(18-13-19(38-4)27(40-6)20(14-18)39-5)33(28(36)26(22)35)11-8-10-32-12-9-30-15-32/h9,12-15,24,31,34H,7-8,10-11H2,1-6H3/t24-/m0/s1. The first-order valence-electron chi connectivity index (χ1n) is 13.1. The van der Waals surface area contributed by atoms with Gasteiger partial charge >= 0.3 is 5.97 Å². The second-order valence-electron chi connectivity index (χ2n) is 9.45. The lowest BCUT2D eigenvalue weighted by Gasteiger charge is -2.26. The van der Waals surface area contributed by atoms with E-state index in [1.54, 1.807) is 45.4 Å². The molecule has 0 bridgehead atoms. The maximum atomic E-state index is 13.6. The summed E-state index contributed by atoms with van der Waals surface area (Å²) in [7, 11) is 4.40. The van der Waals surface area contributed by atoms with E-state index in [0.29, 0.717) is 47.0 Å². The maximum Gasteiger partial charge on any atom is 0.355 e. The normalized spacial score (nSPS) is 16.2. The largest absolute Gasteiger partial charge is 0.507 e. The fraction of sp³-hybridized carbons (Fsp3) is 0.379. The molecule has 3 heterocycles. The fourth-order valence-electron chi connectivity index (χ4n) is 5.21. The molecule has 1 aliphatic heterocycles. The molecule has 3 aromatic rings. The molecule has 1 aromatic carbocycles. The number of nitrogens with zero attached hydrogens (tertiary/aromatic N) is 3. The van der Waals surface area contributed by atoms with Crippen LogP contribution in [0.4, 0.5) is 0 Å². The quantitative estimate of drug-likeness (QED) is 0.154. The van der Waals surface area contributed by atoms with Crippen molar-refractivity contribution < 1.29 is 38.4 Å². The van der Waals surface area contributed by atoms with Crippen molar-refractivity contribution in [2.75, 3.05) is 34.5 Å². The molecule has 0 aliphatic carbocycles. The maximum absolute atomic E-state index is 13.6. The van der Waals surface area contributed by atoms with Gasteiger partial charge in [-0.2, -0.15) is 0 Å². The van der Waals surface area contributed by atoms with Gasteiger partial charge in [-0.25, -0.2) is 9.78 Å². The Morgan fingerprint density at radius 3 is 2.32 bits per heavy atom. The molecule has 12 heteroatoms. The number of nitrogens with one attached hydrogen (secondary N) is 1. The van der Waals surface area contributed by atoms with E-state index in [0.717, 1.165) is 0 Å². The lowest BCUT2D eigenvalue weighted by Crippen LogP contribution is -2.31. The van der Waals surface area contributed by atoms with Crippen LogP contribution in [0, 0.1) is 13.8 Å². The highest BCUT2D eigenvalue weighted by atomic mass is 16.5. The smallest absolute Gasteiger partial charge is 0.355 e. The number of ether oxygens (including phenoxy) is 4. The number of aryl methyl sites for hydroxylation is 2. The van der Waals surface area contributed by atoms with Gasteiger partial charge in [-0.1, -0.05) is 0 Å². The number of aromatic nitrogens is 3. The molecule has 2 N–H and O–H groups in total. The molecule has 1 aliphatic rings. The van der Waals surface area contributed by atoms with Crippen molar-refractivity contribution in [3.8, 4) is 17.2 Å². The Kier molecular flexibility index (Phi) is 8.70. The van der Waals surface area contributed by atoms with Crippen LogP contribution in [0.5, 0.6) is 17.2 Å². The van der Waals surface area contributed by atoms with E-state index in [1.165, 1.54) is 26.2 Å². The third-order valence-corrected chi connectivity index (χ3v) is 7.07. The van der Waals surface area contributed by atoms with Crippen molar-refractivity contribution in [3.63, 3.8) is 0 Å². The summed E-state index contributed by atoms with van der Waals surface area (Å²) in [5.74, 6) is -1.61. The van der Waals surface area contributed by atoms with Crippen molar-refractivity contribution in [2.24, 2.45) is 0 Å². The van der Waals surface area contributed by atoms with Gasteiger partial charge in [0.1, 0.15) is 11.5 Å². The topological polar surface area (TPSA) is 145 Å². The van der Waals surface area contributed by atoms with Gasteiger partial charge in [0.2, 0.25) is 5.75 Å². The zero-order valence-electron chi connectivity index (χ0n) is 23.9. The van der Waals surface area contributed by atoms with E-state index < -0.39 is 29.5 Å². The predicted octanol–water partition coefficient (Wildman–Crippen LogP) is 3.54. The van der Waals surface area contributed by atoms with E-state index in [-0.39, 0.29) is 30.0 Å². The van der Waals surface area contributed by atoms with Crippen LogP contribution in [0.1, 0.15) is 52.3 Å². The van der Waals surface area contributed by atoms with Gasteiger partial charge in [-0.3, -0.25) is 9.59 Å². The van der Waals surface area contributed by atoms with E-state index in [1.807, 2.05) is 10.8 Å². The summed E-state index contributed by atoms with van der Waals surface area (Å²) in [6.07, 6.45) is 5.65. The number of esters is 1. The molecule has 12 nitrogen and oxygen atoms in total. The van der Waals surface area contributed by atoms with Crippen LogP contribution in [0.15, 0.2) is 36.4 Å². The Morgan fingerprint density at radius 2 is 1.76 bits per heavy atom. The number of benzene rings is 1. The molecule has 218 valence electrons. The van der Waals surface area contributed by atoms with Crippen LogP contribution in [0.25, 0.3) is 5.76 Å². The first kappa shape index (κ1) is 29.2. The van der Waals surface area contributed by atoms with E-state index in [4.69, 9.17) is 18.9 Å². The molecule has 2 aromatic heterocycles. The number of hydrogen-bond acceptors (Lipinski definition) is 9. The molecular formula is C29H34N4O8. The first-order chi connectivity index (χ1) is 19.7. The zero-order valence-corrected chi connectivity index (χ0v) is 23.9. The van der Waals surface area contributed by atoms with E-state index in [9.17, 15) is 19.5 Å². The molecule has 0 unspecified atom stereocenters. The number of Topliss-reactive ketones (excluding diaryl/α,β-unsaturated/α-hetero) is 1. The summed E-state index contributed by atoms with van der Waals surface area (Å²) >= 11 is 0. The summed E-state index contributed by atoms with van der Waals surface area (Å²) in [6.45, 7) is 5.93. The van der Waals surface area contributed by atoms with Crippen LogP contribution in [-0.2, 0) is 20.9 Å². The number of rotatable bonds is 11. The highest BCUT2D eigenvalue weighted by Crippen LogP contribution is 2.46. The van der Waals surface area contributed by atoms with Crippen LogP contribution < -0.4 is 14.2 Å². The third-order valence-electron chi connectivity index (χ3n) is 7.07. The van der Waals surface area contributed by atoms with Crippen molar-refractivity contribution in [2.45, 2.75) is 39.8 Å². The number of ketones is 1. The van der Waals surface area contributed by atoms with Gasteiger partial charge in [-0.15, -0.1) is 0 Å². The average Bonchev–Trinajstić information content (AvgIpc) is 3.65. The van der Waals surface area contributed by atoms with Crippen LogP contribution in [0.3, 0.4) is 0 Å². The van der Waals surface area contributed by atoms with Gasteiger partial charge in [0.05, 0.1) is 45.9 Å². The van der Waals surface area contributed by atoms with Gasteiger partial charge in [0, 0.05) is 36.7 Å². The SMILES string of the molecule is CCOC(=O)c1[nH]c(C)c(C(O)=C2C(=O)C(=O)N(CCCn3ccnc3)[C@H]2c2cc(OC)c(OC)c(OC)c2)c1C. The van der Waals surface area contributed by atoms with Crippen molar-refractivity contribution in [3.05, 3.63) is 64.5 Å². The minimum Gasteiger partial charge on any atom is -0.507 e. The highest BCUT2D eigenvalue weighted by Gasteiger charge is 2.47. The predicted molar refractivity (Wildman–Crippen MR) is 148 cm³/mol. The average molecular weight is 567 g/mol. The van der Waals surface area contributed by atoms with Crippen molar-refractivity contribution in [1.82, 2.24) is 19.4 Å². The number of imidazole rings is 1. The number of hydrogen-bond donors (Lipinski definition) is 2. The second kappa shape index (κ2) is 12.2. The zero-order chi connectivity index (χ0) is 29.8. The van der Waals surface area contributed by atoms with Gasteiger partial charge in [0.25, 0.3) is 11.7 Å². The van der Waals surface area contributed by atoms with Gasteiger partial charge in [-0.05, 0) is 50.5 Å². The van der Waals surface area contributed by atoms with E-state index >= 15 is 0 Å². The van der Waals surface area contributed by atoms with Crippen LogP contribution in [-0.4, -0.2) is 76.7 Å². The number of aliphatic hydroxyl groups excluding tert-OH is 1. The minimum absolute atomic E-state index is 0.118. The Bertz CT molecular complexity index is 1460. The summed E-state index contributed by atoms with van der Waals surface area (Å²) in [4.78, 5) is 48.0. The summed E-state index contributed by atoms with van der Waals surface area (Å²) < 4.78 is 23.5. The number of aliphatic hydroxyl groups is 1. The molecule has 1 saturated heterocycles. The molecule has 0 spiro atoms. The van der Waals surface area contributed by atoms with Crippen LogP contribution >= 0.6 is 0 Å². The minimum atomic E-state index is -0.980. The number of likely N-dealkylation sites (tertiary alicyclic amines) is 1. The number of amides is 1. The van der Waals surface area contributed by atoms with Gasteiger partial charge < -0.3 is 38.5 Å². The van der Waals surface area contributed by atoms with Gasteiger partial charge in [0.15, 0.2) is 11.5 Å². The molecule has 4 rings (SSSR count). The van der Waals surface area contributed by atoms with E-state index in [2.05, 4.69) is 9.97 Å². The molecule has 0 saturated carbocycles. The molecule has 1 atom stereocenters. The number of aromatic amines is 1. The monoisotopic (exact) mass is 566 g/mol. The third kappa shape index (κ3) is 5.37. The molecular weight excluding hydrogens is 532 g/mol. The number of H-pyrrole nitrogens is 1. The summed E-state index contributed by atoms with van der Waals surface area (Å²) in [5.41, 5.74) is 1.60.